The molecule has 3 unspecified atom stereocenters. The summed E-state index contributed by atoms with van der Waals surface area (Å²) in [6, 6.07) is 13.9. The van der Waals surface area contributed by atoms with Crippen LogP contribution in [0.2, 0.25) is 10.0 Å². The smallest absolute Gasteiger partial charge is 0.304 e. The molecule has 1 fully saturated rings. The molecule has 10 N–H and O–H groups in total. The van der Waals surface area contributed by atoms with Crippen LogP contribution < -0.4 is 31.9 Å². The van der Waals surface area contributed by atoms with Crippen LogP contribution in [0.1, 0.15) is 52.9 Å². The lowest BCUT2D eigenvalue weighted by Crippen LogP contribution is -2.43. The van der Waals surface area contributed by atoms with Crippen molar-refractivity contribution in [2.75, 3.05) is 23.7 Å². The number of ether oxygens (including phenoxy) is 3. The molecule has 3 atom stereocenters. The Labute approximate surface area is 279 Å². The van der Waals surface area contributed by atoms with Crippen molar-refractivity contribution in [2.45, 2.75) is 71.6 Å². The van der Waals surface area contributed by atoms with Crippen LogP contribution in [0.15, 0.2) is 48.5 Å². The fourth-order valence-electron chi connectivity index (χ4n) is 4.00. The van der Waals surface area contributed by atoms with Gasteiger partial charge in [0.1, 0.15) is 0 Å². The molecule has 16 heteroatoms. The van der Waals surface area contributed by atoms with Crippen molar-refractivity contribution in [1.82, 2.24) is 21.3 Å². The number of guanidine groups is 4. The summed E-state index contributed by atoms with van der Waals surface area (Å²) in [6.07, 6.45) is 3.65. The molecule has 1 aliphatic heterocycles. The minimum Gasteiger partial charge on any atom is -0.436 e. The third-order valence-corrected chi connectivity index (χ3v) is 6.53. The normalized spacial score (nSPS) is 16.8. The van der Waals surface area contributed by atoms with E-state index >= 15 is 0 Å². The number of hydrogen-bond acceptors (Lipinski definition) is 8. The van der Waals surface area contributed by atoms with Gasteiger partial charge in [0.25, 0.3) is 0 Å². The van der Waals surface area contributed by atoms with Crippen molar-refractivity contribution in [1.29, 1.82) is 21.6 Å². The molecule has 1 heterocycles. The summed E-state index contributed by atoms with van der Waals surface area (Å²) >= 11 is 11.7. The average Bonchev–Trinajstić information content (AvgIpc) is 2.96. The Morgan fingerprint density at radius 1 is 0.739 bits per heavy atom. The number of nitrogens with one attached hydrogen (secondary N) is 10. The molecule has 0 radical (unpaired) electrons. The van der Waals surface area contributed by atoms with Crippen molar-refractivity contribution in [3.8, 4) is 0 Å². The third kappa shape index (κ3) is 17.4. The average molecular weight is 680 g/mol. The summed E-state index contributed by atoms with van der Waals surface area (Å²) in [4.78, 5) is 10.6. The molecule has 46 heavy (non-hydrogen) atoms. The van der Waals surface area contributed by atoms with Crippen LogP contribution in [0.5, 0.6) is 0 Å². The van der Waals surface area contributed by atoms with Gasteiger partial charge in [0.2, 0.25) is 6.29 Å². The molecule has 0 aromatic heterocycles. The Morgan fingerprint density at radius 2 is 1.17 bits per heavy atom. The minimum atomic E-state index is -0.443. The van der Waals surface area contributed by atoms with Gasteiger partial charge in [-0.3, -0.25) is 37.1 Å². The first-order valence-corrected chi connectivity index (χ1v) is 15.5. The highest BCUT2D eigenvalue weighted by molar-refractivity contribution is 6.31. The van der Waals surface area contributed by atoms with Crippen LogP contribution >= 0.6 is 23.2 Å². The molecule has 1 aliphatic rings. The van der Waals surface area contributed by atoms with Gasteiger partial charge in [-0.15, -0.1) is 0 Å². The second-order valence-electron chi connectivity index (χ2n) is 10.2. The third-order valence-electron chi connectivity index (χ3n) is 6.02. The summed E-state index contributed by atoms with van der Waals surface area (Å²) in [6.45, 7) is 6.33. The monoisotopic (exact) mass is 678 g/mol. The maximum Gasteiger partial charge on any atom is 0.304 e. The molecule has 252 valence electrons. The zero-order valence-electron chi connectivity index (χ0n) is 26.2. The van der Waals surface area contributed by atoms with E-state index in [1.807, 2.05) is 6.92 Å². The summed E-state index contributed by atoms with van der Waals surface area (Å²) in [5.74, 6) is -0.206. The van der Waals surface area contributed by atoms with Gasteiger partial charge < -0.3 is 35.5 Å². The van der Waals surface area contributed by atoms with Gasteiger partial charge in [-0.25, -0.2) is 0 Å². The molecule has 2 aromatic carbocycles. The topological polar surface area (TPSA) is 212 Å². The van der Waals surface area contributed by atoms with Crippen molar-refractivity contribution >= 4 is 64.4 Å². The van der Waals surface area contributed by atoms with Crippen molar-refractivity contribution in [3.05, 3.63) is 58.6 Å². The largest absolute Gasteiger partial charge is 0.436 e. The molecule has 0 aliphatic carbocycles. The van der Waals surface area contributed by atoms with Gasteiger partial charge in [-0.1, -0.05) is 36.0 Å². The SMILES string of the molecule is CC(=O)OC1CC(C)OC(C)O1.N=C(NCCCCCCNC(=N)NC(=N)Nc1ccc(Cl)cc1)NC(=N)Nc1ccc(Cl)cc1. The number of hydrogen-bond donors (Lipinski definition) is 10. The van der Waals surface area contributed by atoms with Crippen molar-refractivity contribution in [3.63, 3.8) is 0 Å². The number of carbonyl (C=O) groups is 1. The van der Waals surface area contributed by atoms with E-state index in [0.717, 1.165) is 25.7 Å². The molecule has 0 saturated carbocycles. The predicted molar refractivity (Wildman–Crippen MR) is 183 cm³/mol. The van der Waals surface area contributed by atoms with Gasteiger partial charge in [-0.2, -0.15) is 0 Å². The first-order chi connectivity index (χ1) is 21.9. The van der Waals surface area contributed by atoms with E-state index in [1.54, 1.807) is 55.5 Å². The Balaban J connectivity index is 0.000000512. The molecule has 0 amide bonds. The predicted octanol–water partition coefficient (Wildman–Crippen LogP) is 5.22. The summed E-state index contributed by atoms with van der Waals surface area (Å²) in [5.41, 5.74) is 1.42. The number of carbonyl (C=O) groups excluding carboxylic acids is 1. The highest BCUT2D eigenvalue weighted by atomic mass is 35.5. The number of rotatable bonds is 10. The minimum absolute atomic E-state index is 0.00148. The molecule has 2 aromatic rings. The number of esters is 1. The van der Waals surface area contributed by atoms with Gasteiger partial charge in [0.05, 0.1) is 6.10 Å². The zero-order chi connectivity index (χ0) is 33.9. The van der Waals surface area contributed by atoms with Gasteiger partial charge in [0.15, 0.2) is 30.1 Å². The number of anilines is 2. The van der Waals surface area contributed by atoms with Gasteiger partial charge in [-0.05, 0) is 75.2 Å². The lowest BCUT2D eigenvalue weighted by atomic mass is 10.2. The zero-order valence-corrected chi connectivity index (χ0v) is 27.7. The van der Waals surface area contributed by atoms with E-state index < -0.39 is 6.29 Å². The highest BCUT2D eigenvalue weighted by Gasteiger charge is 2.26. The Kier molecular flexibility index (Phi) is 17.2. The fourth-order valence-corrected chi connectivity index (χ4v) is 4.25. The number of unbranched alkanes of at least 4 members (excludes halogenated alkanes) is 3. The first kappa shape index (κ1) is 38.1. The molecule has 0 spiro atoms. The lowest BCUT2D eigenvalue weighted by molar-refractivity contribution is -0.288. The lowest BCUT2D eigenvalue weighted by Gasteiger charge is -2.31. The van der Waals surface area contributed by atoms with E-state index in [1.165, 1.54) is 6.92 Å². The van der Waals surface area contributed by atoms with Crippen LogP contribution in [0.4, 0.5) is 11.4 Å². The number of halogens is 2. The van der Waals surface area contributed by atoms with Gasteiger partial charge >= 0.3 is 5.97 Å². The Bertz CT molecular complexity index is 1190. The first-order valence-electron chi connectivity index (χ1n) is 14.8. The quantitative estimate of drug-likeness (QED) is 0.0684. The maximum absolute atomic E-state index is 10.6. The molecule has 3 rings (SSSR count). The Morgan fingerprint density at radius 3 is 1.57 bits per heavy atom. The van der Waals surface area contributed by atoms with Crippen LogP contribution in [0, 0.1) is 21.6 Å². The van der Waals surface area contributed by atoms with E-state index in [9.17, 15) is 4.79 Å². The van der Waals surface area contributed by atoms with Crippen LogP contribution in [-0.4, -0.2) is 61.6 Å². The Hall–Kier alpha value is -4.11. The molecule has 14 nitrogen and oxygen atoms in total. The van der Waals surface area contributed by atoms with E-state index in [4.69, 9.17) is 59.0 Å². The summed E-state index contributed by atoms with van der Waals surface area (Å²) < 4.78 is 15.4. The fraction of sp³-hybridized carbons (Fsp3) is 0.433. The van der Waals surface area contributed by atoms with Crippen LogP contribution in [-0.2, 0) is 19.0 Å². The molecular formula is C30H44Cl2N10O4. The van der Waals surface area contributed by atoms with E-state index in [2.05, 4.69) is 31.9 Å². The number of benzene rings is 2. The second kappa shape index (κ2) is 20.8. The van der Waals surface area contributed by atoms with Crippen LogP contribution in [0.25, 0.3) is 0 Å². The van der Waals surface area contributed by atoms with E-state index in [0.29, 0.717) is 40.9 Å². The van der Waals surface area contributed by atoms with Gasteiger partial charge in [0, 0.05) is 47.9 Å². The standard InChI is InChI=1S/C22H30Cl2N10.C8H14O4/c23-15-5-9-17(10-6-15)31-21(27)33-19(25)29-13-3-1-2-4-14-30-20(26)34-22(28)32-18-11-7-16(24)8-12-18;1-5-4-8(11-6(2)9)12-7(3)10-5/h5-12H,1-4,13-14H2,(H5,25,27,29,31,33)(H5,26,28,30,32,34);5,7-8H,4H2,1-3H3. The molecular weight excluding hydrogens is 635 g/mol. The molecule has 0 bridgehead atoms. The molecule has 1 saturated heterocycles. The summed E-state index contributed by atoms with van der Waals surface area (Å²) in [5, 5.41) is 49.5. The highest BCUT2D eigenvalue weighted by Crippen LogP contribution is 2.18. The van der Waals surface area contributed by atoms with Crippen molar-refractivity contribution < 1.29 is 19.0 Å². The van der Waals surface area contributed by atoms with E-state index in [-0.39, 0.29) is 42.2 Å². The van der Waals surface area contributed by atoms with Crippen LogP contribution in [0.3, 0.4) is 0 Å². The maximum atomic E-state index is 10.6. The second-order valence-corrected chi connectivity index (χ2v) is 11.1. The van der Waals surface area contributed by atoms with Crippen molar-refractivity contribution in [2.24, 2.45) is 0 Å². The summed E-state index contributed by atoms with van der Waals surface area (Å²) in [7, 11) is 0.